The molecule has 1 saturated carbocycles. The third kappa shape index (κ3) is 10.7. The van der Waals surface area contributed by atoms with Crippen LogP contribution in [0.5, 0.6) is 17.2 Å². The Morgan fingerprint density at radius 3 is 1.80 bits per heavy atom. The summed E-state index contributed by atoms with van der Waals surface area (Å²) in [6.07, 6.45) is -0.135. The highest BCUT2D eigenvalue weighted by Gasteiger charge is 2.66. The van der Waals surface area contributed by atoms with Crippen molar-refractivity contribution in [2.75, 3.05) is 42.4 Å². The van der Waals surface area contributed by atoms with Crippen LogP contribution in [-0.4, -0.2) is 127 Å². The number of carbonyl (C=O) groups is 5. The van der Waals surface area contributed by atoms with Gasteiger partial charge in [0.2, 0.25) is 11.8 Å². The van der Waals surface area contributed by atoms with Crippen LogP contribution in [0.2, 0.25) is 0 Å². The van der Waals surface area contributed by atoms with E-state index in [1.165, 1.54) is 55.3 Å². The number of phenolic OH excluding ortho intramolecular Hbond substituents is 2. The number of esters is 2. The van der Waals surface area contributed by atoms with Crippen LogP contribution in [0, 0.1) is 11.8 Å². The number of methoxy groups -OCH3 is 2. The van der Waals surface area contributed by atoms with Gasteiger partial charge in [-0.1, -0.05) is 64.1 Å². The maximum absolute atomic E-state index is 14.9. The number of hydrogen-bond donors (Lipinski definition) is 3. The van der Waals surface area contributed by atoms with E-state index in [9.17, 15) is 34.2 Å². The monoisotopic (exact) mass is 816 g/mol. The van der Waals surface area contributed by atoms with Crippen LogP contribution < -0.4 is 10.1 Å². The number of nitrogens with one attached hydrogen (secondary N) is 1. The lowest BCUT2D eigenvalue weighted by Crippen LogP contribution is -2.61. The highest BCUT2D eigenvalue weighted by molar-refractivity contribution is 6.00. The Balaban J connectivity index is 1.63. The molecule has 3 aromatic carbocycles. The number of benzene rings is 3. The standard InChI is InChI=1S/C45H60N4O10/c1-11-28(4)39(59-43(55)36(47(5)6)24-30-14-22-34(57-9)23-15-30)40(52)46-38(27(2)3)41(53)49(8)45(26-35(45)31-16-20-33(51)21-17-31)44(56)48(7)37(42(54)58-10)25-29-12-18-32(50)19-13-29/h12-23,27-28,35-39,50-51H,11,24-26H2,1-10H3,(H,46,52)/t28?,35-,36+,37+,38-,39+,45?/m0/s1. The topological polar surface area (TPSA) is 175 Å². The van der Waals surface area contributed by atoms with E-state index in [0.29, 0.717) is 29.7 Å². The zero-order chi connectivity index (χ0) is 43.8. The molecule has 59 heavy (non-hydrogen) atoms. The summed E-state index contributed by atoms with van der Waals surface area (Å²) in [4.78, 5) is 75.2. The van der Waals surface area contributed by atoms with Crippen molar-refractivity contribution in [2.24, 2.45) is 11.8 Å². The molecule has 0 heterocycles. The van der Waals surface area contributed by atoms with Crippen LogP contribution in [0.3, 0.4) is 0 Å². The first-order valence-corrected chi connectivity index (χ1v) is 19.9. The molecule has 0 aromatic heterocycles. The number of aromatic hydroxyl groups is 2. The summed E-state index contributed by atoms with van der Waals surface area (Å²) < 4.78 is 16.4. The first-order valence-electron chi connectivity index (χ1n) is 19.9. The minimum Gasteiger partial charge on any atom is -0.508 e. The Labute approximate surface area is 347 Å². The summed E-state index contributed by atoms with van der Waals surface area (Å²) in [6, 6.07) is 17.0. The Morgan fingerprint density at radius 2 is 1.31 bits per heavy atom. The number of amides is 3. The summed E-state index contributed by atoms with van der Waals surface area (Å²) in [5.74, 6) is -3.60. The lowest BCUT2D eigenvalue weighted by atomic mass is 9.96. The van der Waals surface area contributed by atoms with E-state index in [-0.39, 0.29) is 24.3 Å². The van der Waals surface area contributed by atoms with Crippen molar-refractivity contribution >= 4 is 29.7 Å². The molecule has 1 fully saturated rings. The largest absolute Gasteiger partial charge is 0.508 e. The minimum atomic E-state index is -1.48. The Morgan fingerprint density at radius 1 is 0.780 bits per heavy atom. The molecule has 14 heteroatoms. The van der Waals surface area contributed by atoms with Gasteiger partial charge in [0.1, 0.15) is 40.9 Å². The van der Waals surface area contributed by atoms with E-state index < -0.39 is 77.2 Å². The zero-order valence-electron chi connectivity index (χ0n) is 35.8. The van der Waals surface area contributed by atoms with E-state index in [2.05, 4.69) is 5.32 Å². The van der Waals surface area contributed by atoms with Gasteiger partial charge in [-0.2, -0.15) is 0 Å². The van der Waals surface area contributed by atoms with E-state index in [1.54, 1.807) is 71.1 Å². The second-order valence-corrected chi connectivity index (χ2v) is 16.0. The molecule has 3 aromatic rings. The third-order valence-corrected chi connectivity index (χ3v) is 11.5. The predicted octanol–water partition coefficient (Wildman–Crippen LogP) is 4.31. The highest BCUT2D eigenvalue weighted by Crippen LogP contribution is 2.56. The van der Waals surface area contributed by atoms with Crippen LogP contribution >= 0.6 is 0 Å². The SMILES string of the molecule is CCC(C)[C@@H](OC(=O)[C@@H](Cc1ccc(OC)cc1)N(C)C)C(=O)N[C@H](C(=O)N(C)C1(C(=O)N(C)[C@H](Cc2ccc(O)cc2)C(=O)OC)C[C@H]1c1ccc(O)cc1)C(C)C. The molecule has 1 aliphatic rings. The van der Waals surface area contributed by atoms with E-state index in [4.69, 9.17) is 14.2 Å². The van der Waals surface area contributed by atoms with Crippen LogP contribution in [0.15, 0.2) is 72.8 Å². The first kappa shape index (κ1) is 46.1. The second-order valence-electron chi connectivity index (χ2n) is 16.0. The number of rotatable bonds is 19. The molecular formula is C45H60N4O10. The fourth-order valence-corrected chi connectivity index (χ4v) is 7.38. The van der Waals surface area contributed by atoms with Crippen LogP contribution in [-0.2, 0) is 46.3 Å². The maximum atomic E-state index is 14.9. The van der Waals surface area contributed by atoms with E-state index in [1.807, 2.05) is 31.2 Å². The molecule has 1 aliphatic carbocycles. The fraction of sp³-hybridized carbons (Fsp3) is 0.489. The number of phenols is 2. The molecule has 320 valence electrons. The van der Waals surface area contributed by atoms with Crippen molar-refractivity contribution in [3.63, 3.8) is 0 Å². The summed E-state index contributed by atoms with van der Waals surface area (Å²) in [5.41, 5.74) is 0.748. The summed E-state index contributed by atoms with van der Waals surface area (Å²) in [6.45, 7) is 7.22. The lowest BCUT2D eigenvalue weighted by Gasteiger charge is -2.37. The molecule has 3 N–H and O–H groups in total. The van der Waals surface area contributed by atoms with Gasteiger partial charge in [-0.25, -0.2) is 4.79 Å². The van der Waals surface area contributed by atoms with Gasteiger partial charge in [0.15, 0.2) is 6.10 Å². The van der Waals surface area contributed by atoms with Gasteiger partial charge in [-0.05, 0) is 92.4 Å². The molecule has 0 aliphatic heterocycles. The molecule has 14 nitrogen and oxygen atoms in total. The average Bonchev–Trinajstić information content (AvgIpc) is 3.98. The van der Waals surface area contributed by atoms with Crippen LogP contribution in [0.4, 0.5) is 0 Å². The van der Waals surface area contributed by atoms with E-state index in [0.717, 1.165) is 5.56 Å². The van der Waals surface area contributed by atoms with Crippen molar-refractivity contribution in [2.45, 2.75) is 89.1 Å². The summed E-state index contributed by atoms with van der Waals surface area (Å²) in [7, 11) is 9.32. The van der Waals surface area contributed by atoms with Crippen LogP contribution in [0.1, 0.15) is 63.1 Å². The summed E-state index contributed by atoms with van der Waals surface area (Å²) in [5, 5.41) is 22.7. The van der Waals surface area contributed by atoms with Crippen molar-refractivity contribution in [1.29, 1.82) is 0 Å². The smallest absolute Gasteiger partial charge is 0.328 e. The number of likely N-dealkylation sites (N-methyl/N-ethyl adjacent to an activating group) is 3. The Bertz CT molecular complexity index is 1920. The summed E-state index contributed by atoms with van der Waals surface area (Å²) >= 11 is 0. The second kappa shape index (κ2) is 19.9. The number of nitrogens with zero attached hydrogens (tertiary/aromatic N) is 3. The highest BCUT2D eigenvalue weighted by atomic mass is 16.6. The fourth-order valence-electron chi connectivity index (χ4n) is 7.38. The van der Waals surface area contributed by atoms with Gasteiger partial charge in [0.05, 0.1) is 14.2 Å². The number of hydrogen-bond acceptors (Lipinski definition) is 11. The average molecular weight is 817 g/mol. The molecule has 0 radical (unpaired) electrons. The first-order chi connectivity index (χ1) is 27.9. The molecule has 0 spiro atoms. The lowest BCUT2D eigenvalue weighted by molar-refractivity contribution is -0.164. The van der Waals surface area contributed by atoms with Gasteiger partial charge < -0.3 is 39.5 Å². The van der Waals surface area contributed by atoms with Gasteiger partial charge in [-0.3, -0.25) is 24.1 Å². The van der Waals surface area contributed by atoms with Gasteiger partial charge >= 0.3 is 11.9 Å². The predicted molar refractivity (Wildman–Crippen MR) is 222 cm³/mol. The van der Waals surface area contributed by atoms with Crippen molar-refractivity contribution in [3.05, 3.63) is 89.5 Å². The van der Waals surface area contributed by atoms with Crippen molar-refractivity contribution < 1.29 is 48.4 Å². The molecule has 7 atom stereocenters. The maximum Gasteiger partial charge on any atom is 0.328 e. The molecule has 0 bridgehead atoms. The quantitative estimate of drug-likeness (QED) is 0.147. The van der Waals surface area contributed by atoms with Gasteiger partial charge in [0.25, 0.3) is 5.91 Å². The molecule has 4 rings (SSSR count). The minimum absolute atomic E-state index is 0.0318. The van der Waals surface area contributed by atoms with Crippen molar-refractivity contribution in [3.8, 4) is 17.2 Å². The van der Waals surface area contributed by atoms with Gasteiger partial charge in [0, 0.05) is 32.4 Å². The van der Waals surface area contributed by atoms with E-state index >= 15 is 0 Å². The molecule has 3 amide bonds. The Kier molecular flexibility index (Phi) is 15.5. The van der Waals surface area contributed by atoms with Crippen LogP contribution in [0.25, 0.3) is 0 Å². The van der Waals surface area contributed by atoms with Crippen molar-refractivity contribution in [1.82, 2.24) is 20.0 Å². The third-order valence-electron chi connectivity index (χ3n) is 11.5. The molecule has 2 unspecified atom stereocenters. The van der Waals surface area contributed by atoms with Gasteiger partial charge in [-0.15, -0.1) is 0 Å². The zero-order valence-corrected chi connectivity index (χ0v) is 35.8. The molecule has 0 saturated heterocycles. The molecular weight excluding hydrogens is 757 g/mol. The normalized spacial score (nSPS) is 18.5. The number of ether oxygens (including phenoxy) is 3. The number of carbonyl (C=O) groups excluding carboxylic acids is 5. The Hall–Kier alpha value is -5.63.